The van der Waals surface area contributed by atoms with Gasteiger partial charge in [0.25, 0.3) is 0 Å². The number of hydrogen-bond acceptors (Lipinski definition) is 3. The van der Waals surface area contributed by atoms with Gasteiger partial charge in [-0.2, -0.15) is 0 Å². The zero-order valence-electron chi connectivity index (χ0n) is 14.8. The van der Waals surface area contributed by atoms with E-state index in [-0.39, 0.29) is 6.03 Å². The lowest BCUT2D eigenvalue weighted by Gasteiger charge is -2.30. The smallest absolute Gasteiger partial charge is 0.322 e. The first kappa shape index (κ1) is 17.4. The summed E-state index contributed by atoms with van der Waals surface area (Å²) in [5, 5.41) is 4.02. The number of carbonyl (C=O) groups is 1. The third-order valence-corrected chi connectivity index (χ3v) is 5.25. The van der Waals surface area contributed by atoms with Crippen LogP contribution in [0.1, 0.15) is 11.1 Å². The fourth-order valence-electron chi connectivity index (χ4n) is 3.41. The third-order valence-electron chi connectivity index (χ3n) is 4.65. The van der Waals surface area contributed by atoms with Gasteiger partial charge in [-0.1, -0.05) is 18.2 Å². The second-order valence-electron chi connectivity index (χ2n) is 6.70. The number of urea groups is 1. The van der Waals surface area contributed by atoms with Gasteiger partial charge in [-0.05, 0) is 47.2 Å². The van der Waals surface area contributed by atoms with Crippen LogP contribution in [0.5, 0.6) is 0 Å². The third kappa shape index (κ3) is 3.75. The van der Waals surface area contributed by atoms with E-state index in [9.17, 15) is 13.2 Å². The zero-order chi connectivity index (χ0) is 19.0. The molecule has 1 aliphatic heterocycles. The average molecular weight is 384 g/mol. The number of anilines is 2. The van der Waals surface area contributed by atoms with Gasteiger partial charge in [-0.15, -0.1) is 0 Å². The number of hydrogen-bond donors (Lipinski definition) is 3. The minimum atomic E-state index is -3.34. The molecule has 1 aromatic heterocycles. The van der Waals surface area contributed by atoms with Crippen molar-refractivity contribution < 1.29 is 13.2 Å². The van der Waals surface area contributed by atoms with Crippen molar-refractivity contribution in [1.82, 2.24) is 9.88 Å². The van der Waals surface area contributed by atoms with E-state index in [0.717, 1.165) is 34.0 Å². The fourth-order valence-corrected chi connectivity index (χ4v) is 4.00. The standard InChI is InChI=1S/C19H20N4O3S/c1-27(25,26)22-17-4-2-3-14-12-23(10-8-16(14)17)19(24)21-15-6-5-13-7-9-20-18(13)11-15/h2-7,9,11,20,22H,8,10,12H2,1H3,(H,21,24). The number of aromatic amines is 1. The van der Waals surface area contributed by atoms with Gasteiger partial charge in [0.15, 0.2) is 0 Å². The Bertz CT molecular complexity index is 1120. The molecular weight excluding hydrogens is 364 g/mol. The predicted octanol–water partition coefficient (Wildman–Crippen LogP) is 3.13. The second kappa shape index (κ2) is 6.62. The van der Waals surface area contributed by atoms with Gasteiger partial charge in [0.2, 0.25) is 10.0 Å². The van der Waals surface area contributed by atoms with Gasteiger partial charge in [0.05, 0.1) is 11.9 Å². The molecule has 0 spiro atoms. The summed E-state index contributed by atoms with van der Waals surface area (Å²) in [6.07, 6.45) is 3.59. The molecule has 2 heterocycles. The average Bonchev–Trinajstić information content (AvgIpc) is 3.08. The maximum atomic E-state index is 12.7. The van der Waals surface area contributed by atoms with Crippen LogP contribution in [-0.4, -0.2) is 37.1 Å². The molecule has 2 amide bonds. The summed E-state index contributed by atoms with van der Waals surface area (Å²) in [6.45, 7) is 0.956. The Kier molecular flexibility index (Phi) is 4.27. The SMILES string of the molecule is CS(=O)(=O)Nc1cccc2c1CCN(C(=O)Nc1ccc3cc[nH]c3c1)C2. The van der Waals surface area contributed by atoms with E-state index < -0.39 is 10.0 Å². The molecule has 0 unspecified atom stereocenters. The monoisotopic (exact) mass is 384 g/mol. The number of carbonyl (C=O) groups excluding carboxylic acids is 1. The molecule has 7 nitrogen and oxygen atoms in total. The highest BCUT2D eigenvalue weighted by Crippen LogP contribution is 2.27. The zero-order valence-corrected chi connectivity index (χ0v) is 15.6. The van der Waals surface area contributed by atoms with E-state index in [0.29, 0.717) is 25.2 Å². The van der Waals surface area contributed by atoms with Crippen LogP contribution in [0.25, 0.3) is 10.9 Å². The Hall–Kier alpha value is -3.00. The Labute approximate surface area is 157 Å². The first-order valence-corrected chi connectivity index (χ1v) is 10.5. The molecule has 1 aliphatic rings. The number of fused-ring (bicyclic) bond motifs is 2. The van der Waals surface area contributed by atoms with E-state index >= 15 is 0 Å². The van der Waals surface area contributed by atoms with Crippen LogP contribution in [0.4, 0.5) is 16.2 Å². The van der Waals surface area contributed by atoms with Crippen LogP contribution in [0, 0.1) is 0 Å². The maximum absolute atomic E-state index is 12.7. The molecule has 0 aliphatic carbocycles. The van der Waals surface area contributed by atoms with Crippen molar-refractivity contribution in [2.75, 3.05) is 22.8 Å². The number of aromatic nitrogens is 1. The van der Waals surface area contributed by atoms with Gasteiger partial charge >= 0.3 is 6.03 Å². The van der Waals surface area contributed by atoms with Crippen molar-refractivity contribution >= 4 is 38.3 Å². The molecule has 0 saturated carbocycles. The predicted molar refractivity (Wildman–Crippen MR) is 106 cm³/mol. The quantitative estimate of drug-likeness (QED) is 0.647. The molecule has 4 rings (SSSR count). The van der Waals surface area contributed by atoms with E-state index in [2.05, 4.69) is 15.0 Å². The number of sulfonamides is 1. The summed E-state index contributed by atoms with van der Waals surface area (Å²) in [6, 6.07) is 13.0. The summed E-state index contributed by atoms with van der Waals surface area (Å²) in [7, 11) is -3.34. The number of nitrogens with zero attached hydrogens (tertiary/aromatic N) is 1. The molecule has 0 bridgehead atoms. The van der Waals surface area contributed by atoms with Crippen LogP contribution in [0.2, 0.25) is 0 Å². The van der Waals surface area contributed by atoms with Gasteiger partial charge < -0.3 is 15.2 Å². The van der Waals surface area contributed by atoms with Gasteiger partial charge in [-0.25, -0.2) is 13.2 Å². The van der Waals surface area contributed by atoms with Crippen molar-refractivity contribution in [2.24, 2.45) is 0 Å². The lowest BCUT2D eigenvalue weighted by Crippen LogP contribution is -2.39. The number of benzene rings is 2. The second-order valence-corrected chi connectivity index (χ2v) is 8.45. The molecule has 3 aromatic rings. The van der Waals surface area contributed by atoms with Gasteiger partial charge in [0.1, 0.15) is 0 Å². The minimum Gasteiger partial charge on any atom is -0.361 e. The fraction of sp³-hybridized carbons (Fsp3) is 0.211. The normalized spacial score (nSPS) is 14.0. The Balaban J connectivity index is 1.50. The summed E-state index contributed by atoms with van der Waals surface area (Å²) >= 11 is 0. The highest BCUT2D eigenvalue weighted by molar-refractivity contribution is 7.92. The molecule has 140 valence electrons. The largest absolute Gasteiger partial charge is 0.361 e. The van der Waals surface area contributed by atoms with E-state index in [1.165, 1.54) is 0 Å². The van der Waals surface area contributed by atoms with Crippen molar-refractivity contribution in [3.05, 3.63) is 59.8 Å². The van der Waals surface area contributed by atoms with Gasteiger partial charge in [-0.3, -0.25) is 4.72 Å². The van der Waals surface area contributed by atoms with E-state index in [1.807, 2.05) is 36.5 Å². The van der Waals surface area contributed by atoms with Crippen molar-refractivity contribution in [1.29, 1.82) is 0 Å². The van der Waals surface area contributed by atoms with Crippen molar-refractivity contribution in [2.45, 2.75) is 13.0 Å². The number of H-pyrrole nitrogens is 1. The van der Waals surface area contributed by atoms with Crippen LogP contribution in [-0.2, 0) is 23.0 Å². The number of nitrogens with one attached hydrogen (secondary N) is 3. The molecule has 27 heavy (non-hydrogen) atoms. The summed E-state index contributed by atoms with van der Waals surface area (Å²) < 4.78 is 25.7. The molecule has 0 fully saturated rings. The molecule has 0 saturated heterocycles. The summed E-state index contributed by atoms with van der Waals surface area (Å²) in [4.78, 5) is 17.5. The Morgan fingerprint density at radius 2 is 2.04 bits per heavy atom. The highest BCUT2D eigenvalue weighted by Gasteiger charge is 2.23. The van der Waals surface area contributed by atoms with Crippen molar-refractivity contribution in [3.8, 4) is 0 Å². The summed E-state index contributed by atoms with van der Waals surface area (Å²) in [5.74, 6) is 0. The summed E-state index contributed by atoms with van der Waals surface area (Å²) in [5.41, 5.74) is 4.18. The Morgan fingerprint density at radius 3 is 2.85 bits per heavy atom. The highest BCUT2D eigenvalue weighted by atomic mass is 32.2. The van der Waals surface area contributed by atoms with Crippen LogP contribution >= 0.6 is 0 Å². The number of rotatable bonds is 3. The maximum Gasteiger partial charge on any atom is 0.322 e. The number of amides is 2. The first-order chi connectivity index (χ1) is 12.9. The van der Waals surface area contributed by atoms with Crippen LogP contribution in [0.15, 0.2) is 48.7 Å². The van der Waals surface area contributed by atoms with Crippen LogP contribution < -0.4 is 10.0 Å². The lowest BCUT2D eigenvalue weighted by atomic mass is 9.98. The van der Waals surface area contributed by atoms with Crippen LogP contribution in [0.3, 0.4) is 0 Å². The van der Waals surface area contributed by atoms with E-state index in [1.54, 1.807) is 17.0 Å². The van der Waals surface area contributed by atoms with Crippen molar-refractivity contribution in [3.63, 3.8) is 0 Å². The molecule has 3 N–H and O–H groups in total. The van der Waals surface area contributed by atoms with E-state index in [4.69, 9.17) is 0 Å². The Morgan fingerprint density at radius 1 is 1.19 bits per heavy atom. The molecule has 8 heteroatoms. The molecule has 2 aromatic carbocycles. The first-order valence-electron chi connectivity index (χ1n) is 8.61. The topological polar surface area (TPSA) is 94.3 Å². The molecule has 0 radical (unpaired) electrons. The lowest BCUT2D eigenvalue weighted by molar-refractivity contribution is 0.206. The van der Waals surface area contributed by atoms with Gasteiger partial charge in [0, 0.05) is 30.5 Å². The minimum absolute atomic E-state index is 0.173. The molecule has 0 atom stereocenters. The molecular formula is C19H20N4O3S.